The van der Waals surface area contributed by atoms with E-state index in [9.17, 15) is 4.79 Å². The van der Waals surface area contributed by atoms with Crippen LogP contribution in [0.15, 0.2) is 44.8 Å². The number of nitrogens with zero attached hydrogens (tertiary/aromatic N) is 6. The number of piperazine rings is 1. The van der Waals surface area contributed by atoms with Crippen molar-refractivity contribution in [1.82, 2.24) is 25.1 Å². The molecule has 4 heterocycles. The lowest BCUT2D eigenvalue weighted by Crippen LogP contribution is -2.52. The molecule has 158 valence electrons. The van der Waals surface area contributed by atoms with Crippen LogP contribution in [0.5, 0.6) is 0 Å². The van der Waals surface area contributed by atoms with Gasteiger partial charge in [0.25, 0.3) is 11.1 Å². The van der Waals surface area contributed by atoms with E-state index >= 15 is 0 Å². The summed E-state index contributed by atoms with van der Waals surface area (Å²) in [5.74, 6) is 2.02. The molecule has 0 aromatic carbocycles. The summed E-state index contributed by atoms with van der Waals surface area (Å²) in [7, 11) is 0. The summed E-state index contributed by atoms with van der Waals surface area (Å²) in [6.07, 6.45) is 5.05. The van der Waals surface area contributed by atoms with Crippen molar-refractivity contribution in [3.8, 4) is 11.5 Å². The van der Waals surface area contributed by atoms with E-state index in [0.29, 0.717) is 49.0 Å². The van der Waals surface area contributed by atoms with Gasteiger partial charge in [0.2, 0.25) is 11.9 Å². The highest BCUT2D eigenvalue weighted by Crippen LogP contribution is 2.32. The van der Waals surface area contributed by atoms with Crippen molar-refractivity contribution in [2.45, 2.75) is 31.2 Å². The molecule has 0 spiro atoms. The number of aryl methyl sites for hydroxylation is 1. The van der Waals surface area contributed by atoms with Gasteiger partial charge in [0, 0.05) is 38.6 Å². The van der Waals surface area contributed by atoms with E-state index in [2.05, 4.69) is 25.1 Å². The average molecular weight is 429 g/mol. The third-order valence-electron chi connectivity index (χ3n) is 5.00. The second-order valence-corrected chi connectivity index (χ2v) is 8.50. The number of amides is 1. The summed E-state index contributed by atoms with van der Waals surface area (Å²) >= 11 is 1.32. The highest BCUT2D eigenvalue weighted by Gasteiger charge is 2.32. The van der Waals surface area contributed by atoms with Gasteiger partial charge in [-0.2, -0.15) is 0 Å². The maximum absolute atomic E-state index is 13.2. The quantitative estimate of drug-likeness (QED) is 0.548. The van der Waals surface area contributed by atoms with Gasteiger partial charge in [-0.05, 0) is 25.0 Å². The minimum absolute atomic E-state index is 0.0860. The van der Waals surface area contributed by atoms with E-state index in [4.69, 9.17) is 8.83 Å². The Labute approximate surface area is 178 Å². The first-order chi connectivity index (χ1) is 14.5. The van der Waals surface area contributed by atoms with Gasteiger partial charge in [-0.15, -0.1) is 10.2 Å². The predicted octanol–water partition coefficient (Wildman–Crippen LogP) is 2.89. The smallest absolute Gasteiger partial charge is 0.277 e. The molecule has 1 atom stereocenters. The number of aromatic nitrogens is 4. The predicted molar refractivity (Wildman–Crippen MR) is 112 cm³/mol. The molecule has 30 heavy (non-hydrogen) atoms. The van der Waals surface area contributed by atoms with Crippen molar-refractivity contribution in [3.63, 3.8) is 0 Å². The number of thioether (sulfide) groups is 1. The Morgan fingerprint density at radius 2 is 1.87 bits per heavy atom. The van der Waals surface area contributed by atoms with Gasteiger partial charge in [-0.25, -0.2) is 9.97 Å². The largest absolute Gasteiger partial charge is 0.469 e. The Balaban J connectivity index is 1.40. The maximum Gasteiger partial charge on any atom is 0.277 e. The third-order valence-corrected chi connectivity index (χ3v) is 6.37. The highest BCUT2D eigenvalue weighted by atomic mass is 32.2. The molecule has 4 rings (SSSR count). The Kier molecular flexibility index (Phi) is 6.03. The van der Waals surface area contributed by atoms with Gasteiger partial charge in [0.15, 0.2) is 0 Å². The van der Waals surface area contributed by atoms with Crippen LogP contribution in [0.3, 0.4) is 0 Å². The molecule has 10 heteroatoms. The zero-order chi connectivity index (χ0) is 21.1. The van der Waals surface area contributed by atoms with Gasteiger partial charge >= 0.3 is 0 Å². The monoisotopic (exact) mass is 428 g/mol. The lowest BCUT2D eigenvalue weighted by Gasteiger charge is -2.36. The molecule has 0 unspecified atom stereocenters. The second kappa shape index (κ2) is 8.86. The van der Waals surface area contributed by atoms with Crippen LogP contribution in [0.25, 0.3) is 11.5 Å². The van der Waals surface area contributed by atoms with Crippen LogP contribution in [0.2, 0.25) is 0 Å². The summed E-state index contributed by atoms with van der Waals surface area (Å²) < 4.78 is 11.1. The average Bonchev–Trinajstić information content (AvgIpc) is 3.40. The molecule has 1 amide bonds. The molecule has 0 saturated carbocycles. The summed E-state index contributed by atoms with van der Waals surface area (Å²) in [6.45, 7) is 8.56. The first-order valence-electron chi connectivity index (χ1n) is 9.88. The molecule has 1 aliphatic rings. The van der Waals surface area contributed by atoms with Gasteiger partial charge in [-0.3, -0.25) is 4.79 Å². The first kappa shape index (κ1) is 20.4. The Morgan fingerprint density at radius 1 is 1.13 bits per heavy atom. The third kappa shape index (κ3) is 4.33. The van der Waals surface area contributed by atoms with Crippen LogP contribution >= 0.6 is 11.8 Å². The standard InChI is InChI=1S/C20H24N6O3S/c1-13(2)16(30-20-24-23-17(29-20)15-5-12-28-14(15)3)18(27)25-8-10-26(11-9-25)19-21-6-4-7-22-19/h4-7,12-13,16H,8-11H2,1-3H3/t16-/m1/s1. The van der Waals surface area contributed by atoms with Gasteiger partial charge < -0.3 is 18.6 Å². The minimum Gasteiger partial charge on any atom is -0.469 e. The Morgan fingerprint density at radius 3 is 2.50 bits per heavy atom. The van der Waals surface area contributed by atoms with Crippen molar-refractivity contribution in [3.05, 3.63) is 36.5 Å². The molecule has 0 radical (unpaired) electrons. The summed E-state index contributed by atoms with van der Waals surface area (Å²) in [5, 5.41) is 8.31. The number of rotatable bonds is 6. The lowest BCUT2D eigenvalue weighted by molar-refractivity contribution is -0.131. The summed E-state index contributed by atoms with van der Waals surface area (Å²) in [6, 6.07) is 3.59. The Hall–Kier alpha value is -2.88. The van der Waals surface area contributed by atoms with Crippen LogP contribution in [0.4, 0.5) is 5.95 Å². The summed E-state index contributed by atoms with van der Waals surface area (Å²) in [5.41, 5.74) is 0.765. The van der Waals surface area contributed by atoms with Crippen molar-refractivity contribution >= 4 is 23.6 Å². The number of carbonyl (C=O) groups excluding carboxylic acids is 1. The fourth-order valence-electron chi connectivity index (χ4n) is 3.31. The molecule has 0 bridgehead atoms. The number of furan rings is 1. The number of carbonyl (C=O) groups is 1. The fraction of sp³-hybridized carbons (Fsp3) is 0.450. The van der Waals surface area contributed by atoms with Crippen molar-refractivity contribution < 1.29 is 13.6 Å². The second-order valence-electron chi connectivity index (χ2n) is 7.41. The van der Waals surface area contributed by atoms with Crippen molar-refractivity contribution in [1.29, 1.82) is 0 Å². The van der Waals surface area contributed by atoms with Crippen LogP contribution in [0, 0.1) is 12.8 Å². The number of hydrogen-bond donors (Lipinski definition) is 0. The molecule has 3 aromatic rings. The van der Waals surface area contributed by atoms with E-state index in [-0.39, 0.29) is 17.1 Å². The highest BCUT2D eigenvalue weighted by molar-refractivity contribution is 8.00. The van der Waals surface area contributed by atoms with Gasteiger partial charge in [-0.1, -0.05) is 25.6 Å². The molecule has 1 fully saturated rings. The molecule has 0 N–H and O–H groups in total. The van der Waals surface area contributed by atoms with E-state index in [1.807, 2.05) is 25.7 Å². The minimum atomic E-state index is -0.303. The van der Waals surface area contributed by atoms with Crippen molar-refractivity contribution in [2.24, 2.45) is 5.92 Å². The van der Waals surface area contributed by atoms with Crippen LogP contribution in [-0.4, -0.2) is 62.4 Å². The normalized spacial score (nSPS) is 15.6. The fourth-order valence-corrected chi connectivity index (χ4v) is 4.27. The lowest BCUT2D eigenvalue weighted by atomic mass is 10.1. The van der Waals surface area contributed by atoms with Crippen LogP contribution in [-0.2, 0) is 4.79 Å². The van der Waals surface area contributed by atoms with Crippen LogP contribution in [0.1, 0.15) is 19.6 Å². The van der Waals surface area contributed by atoms with E-state index < -0.39 is 0 Å². The maximum atomic E-state index is 13.2. The number of anilines is 1. The molecule has 1 saturated heterocycles. The summed E-state index contributed by atoms with van der Waals surface area (Å²) in [4.78, 5) is 25.8. The molecule has 0 aliphatic carbocycles. The zero-order valence-electron chi connectivity index (χ0n) is 17.2. The molecular weight excluding hydrogens is 404 g/mol. The molecule has 9 nitrogen and oxygen atoms in total. The van der Waals surface area contributed by atoms with E-state index in [0.717, 1.165) is 5.56 Å². The van der Waals surface area contributed by atoms with Crippen molar-refractivity contribution in [2.75, 3.05) is 31.1 Å². The van der Waals surface area contributed by atoms with E-state index in [1.54, 1.807) is 30.8 Å². The van der Waals surface area contributed by atoms with Gasteiger partial charge in [0.1, 0.15) is 5.76 Å². The van der Waals surface area contributed by atoms with Gasteiger partial charge in [0.05, 0.1) is 17.1 Å². The molecule has 3 aromatic heterocycles. The topological polar surface area (TPSA) is 101 Å². The van der Waals surface area contributed by atoms with Crippen LogP contribution < -0.4 is 4.90 Å². The molecular formula is C20H24N6O3S. The van der Waals surface area contributed by atoms with E-state index in [1.165, 1.54) is 11.8 Å². The first-order valence-corrected chi connectivity index (χ1v) is 10.8. The molecule has 1 aliphatic heterocycles. The number of hydrogen-bond acceptors (Lipinski definition) is 9. The Bertz CT molecular complexity index is 981. The SMILES string of the molecule is Cc1occc1-c1nnc(S[C@@H](C(=O)N2CCN(c3ncccn3)CC2)C(C)C)o1. The zero-order valence-corrected chi connectivity index (χ0v) is 18.0.